The lowest BCUT2D eigenvalue weighted by molar-refractivity contribution is 0.0322. The Kier molecular flexibility index (Phi) is 3.87. The number of rotatable bonds is 4. The van der Waals surface area contributed by atoms with E-state index in [0.29, 0.717) is 0 Å². The van der Waals surface area contributed by atoms with Crippen molar-refractivity contribution in [2.24, 2.45) is 0 Å². The number of nitrogens with one attached hydrogen (secondary N) is 1. The van der Waals surface area contributed by atoms with E-state index < -0.39 is 0 Å². The number of para-hydroxylation sites is 1. The van der Waals surface area contributed by atoms with Gasteiger partial charge < -0.3 is 14.3 Å². The van der Waals surface area contributed by atoms with Gasteiger partial charge in [0.15, 0.2) is 0 Å². The molecule has 0 bridgehead atoms. The van der Waals surface area contributed by atoms with Gasteiger partial charge in [-0.1, -0.05) is 18.2 Å². The van der Waals surface area contributed by atoms with Gasteiger partial charge in [0.25, 0.3) is 0 Å². The van der Waals surface area contributed by atoms with Gasteiger partial charge in [-0.3, -0.25) is 5.32 Å². The van der Waals surface area contributed by atoms with Crippen molar-refractivity contribution in [3.8, 4) is 5.75 Å². The third-order valence-electron chi connectivity index (χ3n) is 5.18. The van der Waals surface area contributed by atoms with Gasteiger partial charge in [-0.15, -0.1) is 0 Å². The van der Waals surface area contributed by atoms with Crippen LogP contribution in [0.1, 0.15) is 55.5 Å². The molecule has 4 heteroatoms. The maximum Gasteiger partial charge on any atom is 0.124 e. The Morgan fingerprint density at radius 3 is 2.74 bits per heavy atom. The molecule has 2 unspecified atom stereocenters. The molecule has 1 aliphatic carbocycles. The zero-order valence-corrected chi connectivity index (χ0v) is 13.2. The molecule has 2 atom stereocenters. The summed E-state index contributed by atoms with van der Waals surface area (Å²) in [6, 6.07) is 12.0. The first-order valence-electron chi connectivity index (χ1n) is 8.48. The Hall–Kier alpha value is -1.78. The minimum atomic E-state index is -0.195. The molecule has 1 spiro atoms. The number of fused-ring (bicyclic) bond motifs is 1. The molecule has 4 rings (SSSR count). The van der Waals surface area contributed by atoms with Crippen molar-refractivity contribution >= 4 is 0 Å². The molecule has 1 aromatic carbocycles. The van der Waals surface area contributed by atoms with Crippen molar-refractivity contribution in [3.63, 3.8) is 0 Å². The van der Waals surface area contributed by atoms with Crippen molar-refractivity contribution in [1.82, 2.24) is 5.32 Å². The van der Waals surface area contributed by atoms with E-state index in [1.807, 2.05) is 24.3 Å². The summed E-state index contributed by atoms with van der Waals surface area (Å²) in [7, 11) is 0. The molecular formula is C19H23NO3. The Morgan fingerprint density at radius 1 is 1.17 bits per heavy atom. The molecule has 23 heavy (non-hydrogen) atoms. The van der Waals surface area contributed by atoms with E-state index in [4.69, 9.17) is 9.15 Å². The van der Waals surface area contributed by atoms with Crippen LogP contribution in [-0.2, 0) is 0 Å². The van der Waals surface area contributed by atoms with E-state index in [9.17, 15) is 5.11 Å². The molecule has 1 fully saturated rings. The number of aliphatic hydroxyl groups is 1. The van der Waals surface area contributed by atoms with E-state index in [1.54, 1.807) is 6.26 Å². The Labute approximate surface area is 136 Å². The maximum atomic E-state index is 9.78. The van der Waals surface area contributed by atoms with Crippen molar-refractivity contribution in [2.75, 3.05) is 6.61 Å². The van der Waals surface area contributed by atoms with Crippen LogP contribution in [0.25, 0.3) is 0 Å². The molecule has 2 heterocycles. The van der Waals surface area contributed by atoms with Gasteiger partial charge in [-0.25, -0.2) is 0 Å². The maximum absolute atomic E-state index is 9.78. The summed E-state index contributed by atoms with van der Waals surface area (Å²) in [6.45, 7) is 0.0139. The molecule has 1 aliphatic heterocycles. The van der Waals surface area contributed by atoms with Crippen LogP contribution in [0.2, 0.25) is 0 Å². The number of aliphatic hydroxyl groups excluding tert-OH is 1. The van der Waals surface area contributed by atoms with Crippen LogP contribution in [-0.4, -0.2) is 17.3 Å². The number of hydrogen-bond donors (Lipinski definition) is 2. The monoisotopic (exact) mass is 313 g/mol. The molecule has 0 radical (unpaired) electrons. The number of benzene rings is 1. The third kappa shape index (κ3) is 2.77. The fourth-order valence-electron chi connectivity index (χ4n) is 4.05. The summed E-state index contributed by atoms with van der Waals surface area (Å²) in [5, 5.41) is 13.4. The van der Waals surface area contributed by atoms with Crippen molar-refractivity contribution < 1.29 is 14.3 Å². The summed E-state index contributed by atoms with van der Waals surface area (Å²) in [5.74, 6) is 1.76. The van der Waals surface area contributed by atoms with Gasteiger partial charge in [0.2, 0.25) is 0 Å². The Balaban J connectivity index is 1.63. The number of hydrogen-bond acceptors (Lipinski definition) is 4. The molecule has 0 saturated heterocycles. The minimum Gasteiger partial charge on any atom is -0.487 e. The van der Waals surface area contributed by atoms with E-state index >= 15 is 0 Å². The van der Waals surface area contributed by atoms with Crippen LogP contribution in [0.3, 0.4) is 0 Å². The predicted molar refractivity (Wildman–Crippen MR) is 87.3 cm³/mol. The van der Waals surface area contributed by atoms with E-state index in [0.717, 1.165) is 30.8 Å². The van der Waals surface area contributed by atoms with Crippen molar-refractivity contribution in [2.45, 2.75) is 49.8 Å². The normalized spacial score (nSPS) is 23.4. The highest BCUT2D eigenvalue weighted by Gasteiger charge is 2.43. The van der Waals surface area contributed by atoms with Crippen LogP contribution in [0, 0.1) is 0 Å². The van der Waals surface area contributed by atoms with Crippen molar-refractivity contribution in [1.29, 1.82) is 0 Å². The van der Waals surface area contributed by atoms with E-state index in [2.05, 4.69) is 17.4 Å². The first kappa shape index (κ1) is 14.8. The molecule has 2 aliphatic rings. The van der Waals surface area contributed by atoms with Crippen LogP contribution in [0.15, 0.2) is 47.1 Å². The largest absolute Gasteiger partial charge is 0.487 e. The molecular weight excluding hydrogens is 290 g/mol. The molecule has 122 valence electrons. The zero-order chi connectivity index (χ0) is 15.7. The summed E-state index contributed by atoms with van der Waals surface area (Å²) < 4.78 is 11.9. The van der Waals surface area contributed by atoms with E-state index in [-0.39, 0.29) is 24.3 Å². The van der Waals surface area contributed by atoms with Gasteiger partial charge in [0.1, 0.15) is 17.1 Å². The summed E-state index contributed by atoms with van der Waals surface area (Å²) in [4.78, 5) is 0. The van der Waals surface area contributed by atoms with Crippen LogP contribution < -0.4 is 10.1 Å². The smallest absolute Gasteiger partial charge is 0.124 e. The lowest BCUT2D eigenvalue weighted by atomic mass is 9.85. The first-order chi connectivity index (χ1) is 11.3. The average Bonchev–Trinajstić information content (AvgIpc) is 3.25. The standard InChI is InChI=1S/C19H23NO3/c21-13-16(18-8-5-11-22-18)20-15-12-19(9-3-4-10-19)23-17-7-2-1-6-14(15)17/h1-2,5-8,11,15-16,20-21H,3-4,9-10,12-13H2. The van der Waals surface area contributed by atoms with Gasteiger partial charge in [-0.05, 0) is 43.9 Å². The average molecular weight is 313 g/mol. The molecule has 0 amide bonds. The van der Waals surface area contributed by atoms with Gasteiger partial charge in [-0.2, -0.15) is 0 Å². The Bertz CT molecular complexity index is 646. The number of ether oxygens (including phenoxy) is 1. The first-order valence-corrected chi connectivity index (χ1v) is 8.48. The summed E-state index contributed by atoms with van der Waals surface area (Å²) >= 11 is 0. The minimum absolute atomic E-state index is 0.0139. The highest BCUT2D eigenvalue weighted by Crippen LogP contribution is 2.47. The van der Waals surface area contributed by atoms with E-state index in [1.165, 1.54) is 18.4 Å². The Morgan fingerprint density at radius 2 is 2.00 bits per heavy atom. The second-order valence-corrected chi connectivity index (χ2v) is 6.70. The molecule has 4 nitrogen and oxygen atoms in total. The second kappa shape index (κ2) is 6.02. The molecule has 2 aromatic rings. The zero-order valence-electron chi connectivity index (χ0n) is 13.2. The SMILES string of the molecule is OCC(NC1CC2(CCCC2)Oc2ccccc21)c1ccco1. The fourth-order valence-corrected chi connectivity index (χ4v) is 4.05. The fraction of sp³-hybridized carbons (Fsp3) is 0.474. The molecule has 2 N–H and O–H groups in total. The van der Waals surface area contributed by atoms with Crippen molar-refractivity contribution in [3.05, 3.63) is 54.0 Å². The lowest BCUT2D eigenvalue weighted by Gasteiger charge is -2.41. The van der Waals surface area contributed by atoms with Gasteiger partial charge in [0.05, 0.1) is 18.9 Å². The predicted octanol–water partition coefficient (Wildman–Crippen LogP) is 3.74. The quantitative estimate of drug-likeness (QED) is 0.903. The van der Waals surface area contributed by atoms with Crippen LogP contribution in [0.5, 0.6) is 5.75 Å². The topological polar surface area (TPSA) is 54.6 Å². The lowest BCUT2D eigenvalue weighted by Crippen LogP contribution is -2.43. The van der Waals surface area contributed by atoms with Gasteiger partial charge >= 0.3 is 0 Å². The second-order valence-electron chi connectivity index (χ2n) is 6.70. The highest BCUT2D eigenvalue weighted by atomic mass is 16.5. The molecule has 1 saturated carbocycles. The third-order valence-corrected chi connectivity index (χ3v) is 5.18. The molecule has 1 aromatic heterocycles. The summed E-state index contributed by atoms with van der Waals surface area (Å²) in [6.07, 6.45) is 7.29. The summed E-state index contributed by atoms with van der Waals surface area (Å²) in [5.41, 5.74) is 1.13. The van der Waals surface area contributed by atoms with Crippen LogP contribution >= 0.6 is 0 Å². The van der Waals surface area contributed by atoms with Gasteiger partial charge in [0, 0.05) is 18.0 Å². The number of furan rings is 1. The van der Waals surface area contributed by atoms with Crippen LogP contribution in [0.4, 0.5) is 0 Å². The highest BCUT2D eigenvalue weighted by molar-refractivity contribution is 5.39.